The maximum absolute atomic E-state index is 5.47. The van der Waals surface area contributed by atoms with Crippen molar-refractivity contribution < 1.29 is 9.26 Å². The average Bonchev–Trinajstić information content (AvgIpc) is 3.13. The Morgan fingerprint density at radius 1 is 1.44 bits per heavy atom. The summed E-state index contributed by atoms with van der Waals surface area (Å²) in [6.45, 7) is 2.20. The van der Waals surface area contributed by atoms with E-state index >= 15 is 0 Å². The van der Waals surface area contributed by atoms with E-state index in [2.05, 4.69) is 15.5 Å². The van der Waals surface area contributed by atoms with Crippen LogP contribution in [0.25, 0.3) is 0 Å². The number of nitrogens with zero attached hydrogens (tertiary/aromatic N) is 2. The molecule has 5 nitrogen and oxygen atoms in total. The van der Waals surface area contributed by atoms with Gasteiger partial charge in [0.1, 0.15) is 6.10 Å². The molecule has 0 spiro atoms. The van der Waals surface area contributed by atoms with Crippen LogP contribution in [0.15, 0.2) is 4.52 Å². The minimum Gasteiger partial charge on any atom is -0.373 e. The molecule has 1 N–H and O–H groups in total. The fraction of sp³-hybridized carbons (Fsp3) is 0.846. The van der Waals surface area contributed by atoms with E-state index in [1.807, 2.05) is 0 Å². The van der Waals surface area contributed by atoms with E-state index in [-0.39, 0.29) is 6.10 Å². The van der Waals surface area contributed by atoms with Crippen molar-refractivity contribution in [3.8, 4) is 0 Å². The molecule has 1 aromatic rings. The molecule has 1 aliphatic heterocycles. The number of aromatic nitrogens is 2. The fourth-order valence-corrected chi connectivity index (χ4v) is 2.72. The van der Waals surface area contributed by atoms with Crippen molar-refractivity contribution in [3.63, 3.8) is 0 Å². The van der Waals surface area contributed by atoms with Crippen LogP contribution >= 0.6 is 0 Å². The summed E-state index contributed by atoms with van der Waals surface area (Å²) in [4.78, 5) is 4.51. The highest BCUT2D eigenvalue weighted by Gasteiger charge is 2.35. The first-order valence-corrected chi connectivity index (χ1v) is 6.93. The van der Waals surface area contributed by atoms with Gasteiger partial charge >= 0.3 is 0 Å². The van der Waals surface area contributed by atoms with Crippen LogP contribution in [-0.2, 0) is 11.2 Å². The van der Waals surface area contributed by atoms with Gasteiger partial charge in [0, 0.05) is 13.5 Å². The minimum atomic E-state index is 0.0342. The molecule has 18 heavy (non-hydrogen) atoms. The zero-order valence-corrected chi connectivity index (χ0v) is 10.9. The van der Waals surface area contributed by atoms with Crippen molar-refractivity contribution in [2.45, 2.75) is 38.2 Å². The summed E-state index contributed by atoms with van der Waals surface area (Å²) in [5, 5.41) is 7.49. The Kier molecular flexibility index (Phi) is 3.61. The van der Waals surface area contributed by atoms with Gasteiger partial charge in [0.15, 0.2) is 0 Å². The van der Waals surface area contributed by atoms with Crippen LogP contribution in [0.2, 0.25) is 0 Å². The van der Waals surface area contributed by atoms with Crippen molar-refractivity contribution in [1.29, 1.82) is 0 Å². The van der Waals surface area contributed by atoms with E-state index in [4.69, 9.17) is 9.26 Å². The molecule has 0 radical (unpaired) electrons. The second-order valence-corrected chi connectivity index (χ2v) is 5.46. The normalized spacial score (nSPS) is 26.2. The molecule has 2 atom stereocenters. The fourth-order valence-electron chi connectivity index (χ4n) is 2.72. The van der Waals surface area contributed by atoms with Gasteiger partial charge in [-0.25, -0.2) is 0 Å². The molecule has 100 valence electrons. The highest BCUT2D eigenvalue weighted by molar-refractivity contribution is 4.99. The molecule has 1 saturated heterocycles. The van der Waals surface area contributed by atoms with Gasteiger partial charge in [0.25, 0.3) is 0 Å². The van der Waals surface area contributed by atoms with E-state index in [1.54, 1.807) is 7.11 Å². The third-order valence-corrected chi connectivity index (χ3v) is 3.90. The van der Waals surface area contributed by atoms with Crippen LogP contribution in [0.1, 0.15) is 43.5 Å². The molecule has 1 aliphatic carbocycles. The predicted octanol–water partition coefficient (Wildman–Crippen LogP) is 1.71. The van der Waals surface area contributed by atoms with Gasteiger partial charge in [0.2, 0.25) is 11.7 Å². The van der Waals surface area contributed by atoms with Crippen LogP contribution < -0.4 is 5.32 Å². The van der Waals surface area contributed by atoms with Gasteiger partial charge in [-0.15, -0.1) is 0 Å². The summed E-state index contributed by atoms with van der Waals surface area (Å²) < 4.78 is 10.8. The van der Waals surface area contributed by atoms with Gasteiger partial charge < -0.3 is 14.6 Å². The third kappa shape index (κ3) is 2.72. The van der Waals surface area contributed by atoms with Crippen molar-refractivity contribution in [2.75, 3.05) is 20.2 Å². The minimum absolute atomic E-state index is 0.0342. The van der Waals surface area contributed by atoms with Gasteiger partial charge in [-0.2, -0.15) is 4.98 Å². The highest BCUT2D eigenvalue weighted by Crippen LogP contribution is 2.41. The molecule has 2 fully saturated rings. The van der Waals surface area contributed by atoms with E-state index in [0.717, 1.165) is 31.2 Å². The average molecular weight is 251 g/mol. The number of nitrogens with one attached hydrogen (secondary N) is 1. The topological polar surface area (TPSA) is 60.2 Å². The van der Waals surface area contributed by atoms with E-state index in [1.165, 1.54) is 25.7 Å². The van der Waals surface area contributed by atoms with Crippen molar-refractivity contribution >= 4 is 0 Å². The van der Waals surface area contributed by atoms with E-state index in [0.29, 0.717) is 11.8 Å². The summed E-state index contributed by atoms with van der Waals surface area (Å²) >= 11 is 0. The number of methoxy groups -OCH3 is 1. The first-order chi connectivity index (χ1) is 8.86. The number of rotatable bonds is 5. The van der Waals surface area contributed by atoms with Crippen molar-refractivity contribution in [1.82, 2.24) is 15.5 Å². The summed E-state index contributed by atoms with van der Waals surface area (Å²) in [5.74, 6) is 2.73. The predicted molar refractivity (Wildman–Crippen MR) is 66.1 cm³/mol. The Morgan fingerprint density at radius 2 is 2.33 bits per heavy atom. The second kappa shape index (κ2) is 5.36. The number of hydrogen-bond acceptors (Lipinski definition) is 5. The van der Waals surface area contributed by atoms with Gasteiger partial charge in [-0.05, 0) is 50.6 Å². The molecule has 2 unspecified atom stereocenters. The number of hydrogen-bond donors (Lipinski definition) is 1. The number of ether oxygens (including phenoxy) is 1. The van der Waals surface area contributed by atoms with Crippen LogP contribution in [0.4, 0.5) is 0 Å². The summed E-state index contributed by atoms with van der Waals surface area (Å²) in [5.41, 5.74) is 0. The Bertz CT molecular complexity index is 383. The van der Waals surface area contributed by atoms with Crippen LogP contribution in [-0.4, -0.2) is 30.3 Å². The maximum Gasteiger partial charge on any atom is 0.227 e. The largest absolute Gasteiger partial charge is 0.373 e. The smallest absolute Gasteiger partial charge is 0.227 e. The Balaban J connectivity index is 1.61. The quantitative estimate of drug-likeness (QED) is 0.863. The molecule has 0 amide bonds. The standard InChI is InChI=1S/C13H21N3O2/c1-17-12(10-4-5-10)13-15-11(18-16-13)7-9-3-2-6-14-8-9/h9-10,12,14H,2-8H2,1H3. The molecule has 3 rings (SSSR count). The lowest BCUT2D eigenvalue weighted by molar-refractivity contribution is 0.0751. The van der Waals surface area contributed by atoms with Crippen LogP contribution in [0, 0.1) is 11.8 Å². The third-order valence-electron chi connectivity index (χ3n) is 3.90. The Labute approximate surface area is 107 Å². The highest BCUT2D eigenvalue weighted by atomic mass is 16.5. The maximum atomic E-state index is 5.47. The first kappa shape index (κ1) is 12.1. The SMILES string of the molecule is COC(c1noc(CC2CCCNC2)n1)C1CC1. The molecule has 0 bridgehead atoms. The van der Waals surface area contributed by atoms with Crippen molar-refractivity contribution in [2.24, 2.45) is 11.8 Å². The second-order valence-electron chi connectivity index (χ2n) is 5.46. The number of piperidine rings is 1. The first-order valence-electron chi connectivity index (χ1n) is 6.93. The molecule has 1 saturated carbocycles. The van der Waals surface area contributed by atoms with Crippen LogP contribution in [0.5, 0.6) is 0 Å². The molecular weight excluding hydrogens is 230 g/mol. The molecule has 2 aliphatic rings. The van der Waals surface area contributed by atoms with Gasteiger partial charge in [0.05, 0.1) is 0 Å². The molecule has 0 aromatic carbocycles. The van der Waals surface area contributed by atoms with Gasteiger partial charge in [-0.3, -0.25) is 0 Å². The van der Waals surface area contributed by atoms with E-state index < -0.39 is 0 Å². The zero-order valence-electron chi connectivity index (χ0n) is 10.9. The Morgan fingerprint density at radius 3 is 3.00 bits per heavy atom. The summed E-state index contributed by atoms with van der Waals surface area (Å²) in [6.07, 6.45) is 5.85. The Hall–Kier alpha value is -0.940. The summed E-state index contributed by atoms with van der Waals surface area (Å²) in [6, 6.07) is 0. The molecule has 2 heterocycles. The monoisotopic (exact) mass is 251 g/mol. The zero-order chi connectivity index (χ0) is 12.4. The molecular formula is C13H21N3O2. The van der Waals surface area contributed by atoms with Gasteiger partial charge in [-0.1, -0.05) is 5.16 Å². The lowest BCUT2D eigenvalue weighted by Gasteiger charge is -2.20. The van der Waals surface area contributed by atoms with Crippen LogP contribution in [0.3, 0.4) is 0 Å². The lowest BCUT2D eigenvalue weighted by atomic mass is 9.96. The molecule has 5 heteroatoms. The van der Waals surface area contributed by atoms with E-state index in [9.17, 15) is 0 Å². The summed E-state index contributed by atoms with van der Waals surface area (Å²) in [7, 11) is 1.73. The molecule has 1 aromatic heterocycles. The van der Waals surface area contributed by atoms with Crippen molar-refractivity contribution in [3.05, 3.63) is 11.7 Å². The lowest BCUT2D eigenvalue weighted by Crippen LogP contribution is -2.30.